The predicted octanol–water partition coefficient (Wildman–Crippen LogP) is 7.63. The van der Waals surface area contributed by atoms with Crippen molar-refractivity contribution in [1.82, 2.24) is 0 Å². The number of unbranched alkanes of at least 4 members (excludes halogenated alkanes) is 3. The summed E-state index contributed by atoms with van der Waals surface area (Å²) in [6.45, 7) is 11.7. The first-order valence-corrected chi connectivity index (χ1v) is 17.7. The Kier molecular flexibility index (Phi) is 10.8. The fourth-order valence-electron chi connectivity index (χ4n) is 3.44. The molecule has 1 aromatic heterocycles. The Labute approximate surface area is 147 Å². The van der Waals surface area contributed by atoms with Crippen molar-refractivity contribution in [2.24, 2.45) is 0 Å². The van der Waals surface area contributed by atoms with E-state index in [0.717, 1.165) is 0 Å². The van der Waals surface area contributed by atoms with E-state index in [2.05, 4.69) is 44.9 Å². The van der Waals surface area contributed by atoms with Crippen molar-refractivity contribution in [2.45, 2.75) is 85.4 Å². The topological polar surface area (TPSA) is 0 Å². The Hall–Kier alpha value is 0.239. The van der Waals surface area contributed by atoms with Crippen LogP contribution in [0.1, 0.15) is 70.6 Å². The van der Waals surface area contributed by atoms with Crippen molar-refractivity contribution in [2.75, 3.05) is 0 Å². The zero-order chi connectivity index (χ0) is 16.3. The number of rotatable bonds is 13. The molecule has 0 aliphatic heterocycles. The average molecular weight is 427 g/mol. The van der Waals surface area contributed by atoms with Gasteiger partial charge in [0.15, 0.2) is 0 Å². The van der Waals surface area contributed by atoms with Crippen molar-refractivity contribution in [3.63, 3.8) is 0 Å². The van der Waals surface area contributed by atoms with Gasteiger partial charge in [0.1, 0.15) is 0 Å². The van der Waals surface area contributed by atoms with Crippen LogP contribution >= 0.6 is 11.3 Å². The van der Waals surface area contributed by atoms with Crippen LogP contribution in [0.4, 0.5) is 0 Å². The molecule has 0 radical (unpaired) electrons. The van der Waals surface area contributed by atoms with E-state index in [1.54, 1.807) is 21.8 Å². The molecule has 0 unspecified atom stereocenters. The van der Waals surface area contributed by atoms with E-state index in [0.29, 0.717) is 0 Å². The Bertz CT molecular complexity index is 372. The van der Waals surface area contributed by atoms with Crippen LogP contribution in [0.25, 0.3) is 0 Å². The third-order valence-corrected chi connectivity index (χ3v) is 22.2. The molecule has 126 valence electrons. The van der Waals surface area contributed by atoms with Crippen molar-refractivity contribution in [3.05, 3.63) is 32.6 Å². The fourth-order valence-corrected chi connectivity index (χ4v) is 20.0. The summed E-state index contributed by atoms with van der Waals surface area (Å²) in [6, 6.07) is 4.48. The van der Waals surface area contributed by atoms with Crippen LogP contribution in [0, 0.1) is 0 Å². The Balaban J connectivity index is 2.75. The van der Waals surface area contributed by atoms with Gasteiger partial charge in [-0.3, -0.25) is 0 Å². The van der Waals surface area contributed by atoms with Crippen molar-refractivity contribution in [3.8, 4) is 0 Å². The molecule has 22 heavy (non-hydrogen) atoms. The van der Waals surface area contributed by atoms with Crippen molar-refractivity contribution < 1.29 is 0 Å². The molecule has 0 N–H and O–H groups in total. The van der Waals surface area contributed by atoms with Gasteiger partial charge in [0.25, 0.3) is 0 Å². The van der Waals surface area contributed by atoms with Gasteiger partial charge in [-0.1, -0.05) is 0 Å². The van der Waals surface area contributed by atoms with Crippen LogP contribution in [-0.4, -0.2) is 18.4 Å². The number of thiophene rings is 1. The van der Waals surface area contributed by atoms with Crippen LogP contribution in [0.5, 0.6) is 0 Å². The van der Waals surface area contributed by atoms with Gasteiger partial charge in [-0.25, -0.2) is 0 Å². The molecular weight excluding hydrogens is 391 g/mol. The summed E-state index contributed by atoms with van der Waals surface area (Å²) in [5.74, 6) is 0. The predicted molar refractivity (Wildman–Crippen MR) is 107 cm³/mol. The van der Waals surface area contributed by atoms with Gasteiger partial charge in [-0.05, 0) is 0 Å². The monoisotopic (exact) mass is 428 g/mol. The molecule has 0 aromatic carbocycles. The number of allylic oxidation sites excluding steroid dienone is 1. The molecule has 0 aliphatic rings. The third kappa shape index (κ3) is 6.78. The normalized spacial score (nSPS) is 11.8. The SMILES string of the molecule is C=[C](CCc1cccs1)[Sn]([CH2]CCC)([CH2]CCC)[CH2]CCC. The summed E-state index contributed by atoms with van der Waals surface area (Å²) in [7, 11) is 0. The van der Waals surface area contributed by atoms with E-state index in [-0.39, 0.29) is 0 Å². The molecule has 0 amide bonds. The Morgan fingerprint density at radius 2 is 1.55 bits per heavy atom. The summed E-state index contributed by atoms with van der Waals surface area (Å²) >= 11 is -0.245. The van der Waals surface area contributed by atoms with Crippen LogP contribution in [0.2, 0.25) is 13.3 Å². The van der Waals surface area contributed by atoms with E-state index in [9.17, 15) is 0 Å². The third-order valence-electron chi connectivity index (χ3n) is 5.03. The van der Waals surface area contributed by atoms with E-state index < -0.39 is 18.4 Å². The molecule has 0 fully saturated rings. The molecule has 1 heterocycles. The summed E-state index contributed by atoms with van der Waals surface area (Å²) in [5, 5.41) is 2.21. The average Bonchev–Trinajstić information content (AvgIpc) is 3.05. The van der Waals surface area contributed by atoms with Gasteiger partial charge >= 0.3 is 148 Å². The van der Waals surface area contributed by atoms with Gasteiger partial charge in [-0.15, -0.1) is 0 Å². The fraction of sp³-hybridized carbons (Fsp3) is 0.700. The first-order valence-electron chi connectivity index (χ1n) is 9.39. The van der Waals surface area contributed by atoms with Gasteiger partial charge in [0, 0.05) is 0 Å². The summed E-state index contributed by atoms with van der Waals surface area (Å²) in [5.41, 5.74) is 0. The van der Waals surface area contributed by atoms with Gasteiger partial charge in [-0.2, -0.15) is 0 Å². The first-order chi connectivity index (χ1) is 10.7. The van der Waals surface area contributed by atoms with Crippen LogP contribution in [0.15, 0.2) is 27.7 Å². The van der Waals surface area contributed by atoms with Gasteiger partial charge < -0.3 is 0 Å². The zero-order valence-electron chi connectivity index (χ0n) is 15.1. The maximum atomic E-state index is 4.68. The minimum atomic E-state index is -2.16. The summed E-state index contributed by atoms with van der Waals surface area (Å²) < 4.78 is 6.44. The molecule has 2 heteroatoms. The molecular formula is C20H36SSn. The first kappa shape index (κ1) is 20.3. The molecule has 0 atom stereocenters. The van der Waals surface area contributed by atoms with E-state index in [1.165, 1.54) is 51.4 Å². The molecule has 0 aliphatic carbocycles. The molecule has 0 spiro atoms. The van der Waals surface area contributed by atoms with Gasteiger partial charge in [0.05, 0.1) is 0 Å². The second kappa shape index (κ2) is 11.7. The van der Waals surface area contributed by atoms with Crippen LogP contribution < -0.4 is 0 Å². The number of aryl methyl sites for hydroxylation is 1. The zero-order valence-corrected chi connectivity index (χ0v) is 18.8. The van der Waals surface area contributed by atoms with Crippen molar-refractivity contribution >= 4 is 29.7 Å². The molecule has 0 nitrogen and oxygen atoms in total. The molecule has 1 rings (SSSR count). The molecule has 0 saturated carbocycles. The second-order valence-corrected chi connectivity index (χ2v) is 21.4. The Morgan fingerprint density at radius 1 is 1.00 bits per heavy atom. The maximum absolute atomic E-state index is 4.68. The van der Waals surface area contributed by atoms with Crippen LogP contribution in [-0.2, 0) is 6.42 Å². The number of hydrogen-bond acceptors (Lipinski definition) is 1. The molecule has 0 bridgehead atoms. The van der Waals surface area contributed by atoms with Crippen molar-refractivity contribution in [1.29, 1.82) is 0 Å². The number of hydrogen-bond donors (Lipinski definition) is 0. The molecule has 0 saturated heterocycles. The van der Waals surface area contributed by atoms with E-state index in [1.807, 2.05) is 11.3 Å². The van der Waals surface area contributed by atoms with E-state index >= 15 is 0 Å². The van der Waals surface area contributed by atoms with Crippen LogP contribution in [0.3, 0.4) is 0 Å². The minimum absolute atomic E-state index is 1.24. The van der Waals surface area contributed by atoms with E-state index in [4.69, 9.17) is 0 Å². The standard InChI is InChI=1S/C8H9S.3C4H9.Sn/c1-2-3-5-8-6-4-7-9-8;3*1-3-4-2;/h4,6-7H,1,3,5H2;3*1,3-4H2,2H3;. The summed E-state index contributed by atoms with van der Waals surface area (Å²) in [6.07, 6.45) is 10.9. The summed E-state index contributed by atoms with van der Waals surface area (Å²) in [4.78, 5) is 1.54. The van der Waals surface area contributed by atoms with Gasteiger partial charge in [0.2, 0.25) is 0 Å². The second-order valence-electron chi connectivity index (χ2n) is 6.77. The molecule has 1 aromatic rings. The quantitative estimate of drug-likeness (QED) is 0.284. The Morgan fingerprint density at radius 3 is 1.95 bits per heavy atom.